The lowest BCUT2D eigenvalue weighted by molar-refractivity contribution is -0.137. The first-order valence-corrected chi connectivity index (χ1v) is 9.68. The lowest BCUT2D eigenvalue weighted by Gasteiger charge is -2.13. The van der Waals surface area contributed by atoms with Crippen molar-refractivity contribution in [3.63, 3.8) is 0 Å². The first-order valence-electron chi connectivity index (χ1n) is 9.68. The highest BCUT2D eigenvalue weighted by Gasteiger charge is 2.31. The van der Waals surface area contributed by atoms with Crippen molar-refractivity contribution in [1.82, 2.24) is 20.1 Å². The van der Waals surface area contributed by atoms with Gasteiger partial charge >= 0.3 is 12.1 Å². The standard InChI is InChI=1S/C22H21F3N4O3/c1-13(2)19-17(12-28-29(19)18-9-8-16(11-26-18)22(23,24)25)20(30)27-10-14-4-6-15(7-5-14)21(31)32-3/h4-9,11-13H,10H2,1-3H3,(H,27,30). The largest absolute Gasteiger partial charge is 0.465 e. The number of hydrogen-bond acceptors (Lipinski definition) is 5. The Morgan fingerprint density at radius 1 is 1.09 bits per heavy atom. The van der Waals surface area contributed by atoms with Crippen LogP contribution < -0.4 is 5.32 Å². The number of ether oxygens (including phenoxy) is 1. The number of nitrogens with zero attached hydrogens (tertiary/aromatic N) is 3. The highest BCUT2D eigenvalue weighted by atomic mass is 19.4. The molecular formula is C22H21F3N4O3. The minimum atomic E-state index is -4.49. The average Bonchev–Trinajstić information content (AvgIpc) is 3.22. The molecule has 3 rings (SSSR count). The average molecular weight is 446 g/mol. The normalized spacial score (nSPS) is 11.5. The fourth-order valence-corrected chi connectivity index (χ4v) is 3.10. The molecule has 0 fully saturated rings. The van der Waals surface area contributed by atoms with E-state index in [1.807, 2.05) is 13.8 Å². The Bertz CT molecular complexity index is 1100. The summed E-state index contributed by atoms with van der Waals surface area (Å²) in [5.74, 6) is -0.809. The number of nitrogens with one attached hydrogen (secondary N) is 1. The number of carbonyl (C=O) groups is 2. The molecule has 0 spiro atoms. The summed E-state index contributed by atoms with van der Waals surface area (Å²) in [6.07, 6.45) is -2.39. The molecule has 1 N–H and O–H groups in total. The van der Waals surface area contributed by atoms with Crippen molar-refractivity contribution in [3.05, 3.63) is 76.7 Å². The third kappa shape index (κ3) is 4.96. The summed E-state index contributed by atoms with van der Waals surface area (Å²) in [5.41, 5.74) is 1.13. The number of rotatable bonds is 6. The van der Waals surface area contributed by atoms with Crippen LogP contribution in [0.2, 0.25) is 0 Å². The minimum absolute atomic E-state index is 0.151. The molecule has 0 saturated heterocycles. The molecule has 0 unspecified atom stereocenters. The number of benzene rings is 1. The van der Waals surface area contributed by atoms with Crippen LogP contribution in [0, 0.1) is 0 Å². The molecule has 0 aliphatic carbocycles. The SMILES string of the molecule is COC(=O)c1ccc(CNC(=O)c2cnn(-c3ccc(C(F)(F)F)cn3)c2C(C)C)cc1. The number of methoxy groups -OCH3 is 1. The van der Waals surface area contributed by atoms with E-state index in [0.717, 1.165) is 17.8 Å². The van der Waals surface area contributed by atoms with Gasteiger partial charge in [0.1, 0.15) is 0 Å². The Hall–Kier alpha value is -3.69. The van der Waals surface area contributed by atoms with E-state index in [1.54, 1.807) is 24.3 Å². The second kappa shape index (κ2) is 9.21. The maximum absolute atomic E-state index is 12.8. The van der Waals surface area contributed by atoms with Gasteiger partial charge in [-0.05, 0) is 35.7 Å². The van der Waals surface area contributed by atoms with Crippen molar-refractivity contribution in [2.45, 2.75) is 32.5 Å². The van der Waals surface area contributed by atoms with Gasteiger partial charge in [0.15, 0.2) is 5.82 Å². The number of amides is 1. The van der Waals surface area contributed by atoms with Gasteiger partial charge in [-0.2, -0.15) is 18.3 Å². The number of halogens is 3. The minimum Gasteiger partial charge on any atom is -0.465 e. The van der Waals surface area contributed by atoms with Gasteiger partial charge < -0.3 is 10.1 Å². The van der Waals surface area contributed by atoms with Crippen LogP contribution in [0.3, 0.4) is 0 Å². The molecule has 0 aliphatic heterocycles. The molecular weight excluding hydrogens is 425 g/mol. The lowest BCUT2D eigenvalue weighted by Crippen LogP contribution is -2.24. The molecule has 0 saturated carbocycles. The zero-order valence-electron chi connectivity index (χ0n) is 17.6. The van der Waals surface area contributed by atoms with Gasteiger partial charge in [-0.15, -0.1) is 0 Å². The van der Waals surface area contributed by atoms with Crippen molar-refractivity contribution in [1.29, 1.82) is 0 Å². The van der Waals surface area contributed by atoms with E-state index in [2.05, 4.69) is 20.1 Å². The summed E-state index contributed by atoms with van der Waals surface area (Å²) >= 11 is 0. The third-order valence-corrected chi connectivity index (χ3v) is 4.72. The van der Waals surface area contributed by atoms with Crippen molar-refractivity contribution >= 4 is 11.9 Å². The van der Waals surface area contributed by atoms with Crippen molar-refractivity contribution < 1.29 is 27.5 Å². The second-order valence-corrected chi connectivity index (χ2v) is 7.28. The molecule has 0 bridgehead atoms. The van der Waals surface area contributed by atoms with E-state index in [-0.39, 0.29) is 24.2 Å². The predicted octanol–water partition coefficient (Wildman–Crippen LogP) is 4.13. The maximum Gasteiger partial charge on any atom is 0.417 e. The molecule has 168 valence electrons. The first-order chi connectivity index (χ1) is 15.1. The van der Waals surface area contributed by atoms with E-state index in [0.29, 0.717) is 16.8 Å². The zero-order valence-corrected chi connectivity index (χ0v) is 17.6. The monoisotopic (exact) mass is 446 g/mol. The maximum atomic E-state index is 12.8. The number of pyridine rings is 1. The molecule has 0 radical (unpaired) electrons. The topological polar surface area (TPSA) is 86.1 Å². The molecule has 2 heterocycles. The van der Waals surface area contributed by atoms with Crippen LogP contribution in [-0.4, -0.2) is 33.8 Å². The molecule has 0 atom stereocenters. The van der Waals surface area contributed by atoms with Gasteiger partial charge in [-0.25, -0.2) is 14.5 Å². The summed E-state index contributed by atoms with van der Waals surface area (Å²) in [6, 6.07) is 8.73. The Morgan fingerprint density at radius 3 is 2.31 bits per heavy atom. The van der Waals surface area contributed by atoms with E-state index in [9.17, 15) is 22.8 Å². The van der Waals surface area contributed by atoms with Gasteiger partial charge in [0.25, 0.3) is 5.91 Å². The van der Waals surface area contributed by atoms with Gasteiger partial charge in [0.2, 0.25) is 0 Å². The Labute approximate surface area is 182 Å². The molecule has 7 nitrogen and oxygen atoms in total. The van der Waals surface area contributed by atoms with Crippen molar-refractivity contribution in [3.8, 4) is 5.82 Å². The van der Waals surface area contributed by atoms with Crippen molar-refractivity contribution in [2.24, 2.45) is 0 Å². The highest BCUT2D eigenvalue weighted by Crippen LogP contribution is 2.29. The molecule has 2 aromatic heterocycles. The van der Waals surface area contributed by atoms with Gasteiger partial charge in [-0.3, -0.25) is 4.79 Å². The Morgan fingerprint density at radius 2 is 1.78 bits per heavy atom. The summed E-state index contributed by atoms with van der Waals surface area (Å²) in [4.78, 5) is 28.2. The van der Waals surface area contributed by atoms with Gasteiger partial charge in [0, 0.05) is 12.7 Å². The fraction of sp³-hybridized carbons (Fsp3) is 0.273. The van der Waals surface area contributed by atoms with Crippen LogP contribution in [-0.2, 0) is 17.5 Å². The van der Waals surface area contributed by atoms with Gasteiger partial charge in [0.05, 0.1) is 35.7 Å². The quantitative estimate of drug-likeness (QED) is 0.576. The van der Waals surface area contributed by atoms with E-state index in [4.69, 9.17) is 0 Å². The van der Waals surface area contributed by atoms with Crippen LogP contribution in [0.5, 0.6) is 0 Å². The first kappa shape index (κ1) is 23.0. The lowest BCUT2D eigenvalue weighted by atomic mass is 10.0. The summed E-state index contributed by atoms with van der Waals surface area (Å²) in [6.45, 7) is 3.90. The molecule has 10 heteroatoms. The summed E-state index contributed by atoms with van der Waals surface area (Å²) < 4.78 is 44.4. The zero-order chi connectivity index (χ0) is 23.5. The number of esters is 1. The Kier molecular flexibility index (Phi) is 6.61. The van der Waals surface area contributed by atoms with E-state index < -0.39 is 17.7 Å². The summed E-state index contributed by atoms with van der Waals surface area (Å²) in [7, 11) is 1.29. The number of hydrogen-bond donors (Lipinski definition) is 1. The Balaban J connectivity index is 1.79. The van der Waals surface area contributed by atoms with Crippen LogP contribution in [0.1, 0.15) is 57.3 Å². The van der Waals surface area contributed by atoms with Crippen molar-refractivity contribution in [2.75, 3.05) is 7.11 Å². The van der Waals surface area contributed by atoms with Crippen LogP contribution in [0.4, 0.5) is 13.2 Å². The molecule has 1 aromatic carbocycles. The number of carbonyl (C=O) groups excluding carboxylic acids is 2. The number of aromatic nitrogens is 3. The van der Waals surface area contributed by atoms with Crippen LogP contribution in [0.15, 0.2) is 48.8 Å². The van der Waals surface area contributed by atoms with Gasteiger partial charge in [-0.1, -0.05) is 26.0 Å². The fourth-order valence-electron chi connectivity index (χ4n) is 3.10. The highest BCUT2D eigenvalue weighted by molar-refractivity contribution is 5.95. The third-order valence-electron chi connectivity index (χ3n) is 4.72. The van der Waals surface area contributed by atoms with Crippen LogP contribution in [0.25, 0.3) is 5.82 Å². The van der Waals surface area contributed by atoms with E-state index >= 15 is 0 Å². The molecule has 0 aliphatic rings. The smallest absolute Gasteiger partial charge is 0.417 e. The molecule has 1 amide bonds. The second-order valence-electron chi connectivity index (χ2n) is 7.28. The number of alkyl halides is 3. The van der Waals surface area contributed by atoms with E-state index in [1.165, 1.54) is 24.1 Å². The molecule has 3 aromatic rings. The molecule has 32 heavy (non-hydrogen) atoms. The van der Waals surface area contributed by atoms with Crippen LogP contribution >= 0.6 is 0 Å². The predicted molar refractivity (Wildman–Crippen MR) is 109 cm³/mol. The summed E-state index contributed by atoms with van der Waals surface area (Å²) in [5, 5.41) is 6.97.